The van der Waals surface area contributed by atoms with E-state index in [0.717, 1.165) is 30.3 Å². The molecule has 3 rings (SSSR count). The summed E-state index contributed by atoms with van der Waals surface area (Å²) in [5.74, 6) is 2.98. The second-order valence-electron chi connectivity index (χ2n) is 5.63. The lowest BCUT2D eigenvalue weighted by Crippen LogP contribution is -2.29. The highest BCUT2D eigenvalue weighted by molar-refractivity contribution is 5.60. The zero-order valence-electron chi connectivity index (χ0n) is 13.7. The average molecular weight is 313 g/mol. The Kier molecular flexibility index (Phi) is 4.91. The van der Waals surface area contributed by atoms with E-state index in [9.17, 15) is 0 Å². The average Bonchev–Trinajstić information content (AvgIpc) is 2.63. The monoisotopic (exact) mass is 313 g/mol. The van der Waals surface area contributed by atoms with Gasteiger partial charge in [0.1, 0.15) is 5.75 Å². The molecule has 23 heavy (non-hydrogen) atoms. The van der Waals surface area contributed by atoms with Crippen LogP contribution in [0.4, 0.5) is 5.69 Å². The first kappa shape index (κ1) is 15.5. The standard InChI is InChI=1S/C19H23NO3/c1-21-18-11-10-15(14-19(18)22-2)23-17-9-5-4-8-16(17)20-12-6-3-7-13-20/h4-5,8-11,14H,3,6-7,12-13H2,1-2H3. The van der Waals surface area contributed by atoms with Crippen molar-refractivity contribution in [3.63, 3.8) is 0 Å². The largest absolute Gasteiger partial charge is 0.493 e. The summed E-state index contributed by atoms with van der Waals surface area (Å²) < 4.78 is 16.7. The second kappa shape index (κ2) is 7.27. The van der Waals surface area contributed by atoms with Crippen molar-refractivity contribution in [1.29, 1.82) is 0 Å². The molecule has 4 heteroatoms. The van der Waals surface area contributed by atoms with E-state index < -0.39 is 0 Å². The van der Waals surface area contributed by atoms with Gasteiger partial charge in [-0.25, -0.2) is 0 Å². The molecule has 0 atom stereocenters. The third-order valence-electron chi connectivity index (χ3n) is 4.14. The molecule has 0 bridgehead atoms. The number of anilines is 1. The fraction of sp³-hybridized carbons (Fsp3) is 0.368. The maximum Gasteiger partial charge on any atom is 0.164 e. The molecule has 0 radical (unpaired) electrons. The molecule has 0 aliphatic carbocycles. The fourth-order valence-corrected chi connectivity index (χ4v) is 2.95. The normalized spacial score (nSPS) is 14.4. The molecule has 1 aliphatic rings. The smallest absolute Gasteiger partial charge is 0.164 e. The van der Waals surface area contributed by atoms with E-state index in [4.69, 9.17) is 14.2 Å². The number of hydrogen-bond donors (Lipinski definition) is 0. The van der Waals surface area contributed by atoms with Crippen molar-refractivity contribution in [2.24, 2.45) is 0 Å². The van der Waals surface area contributed by atoms with Gasteiger partial charge in [0, 0.05) is 19.2 Å². The van der Waals surface area contributed by atoms with Gasteiger partial charge >= 0.3 is 0 Å². The van der Waals surface area contributed by atoms with Crippen LogP contribution in [0.15, 0.2) is 42.5 Å². The molecule has 4 nitrogen and oxygen atoms in total. The van der Waals surface area contributed by atoms with Crippen molar-refractivity contribution in [2.45, 2.75) is 19.3 Å². The summed E-state index contributed by atoms with van der Waals surface area (Å²) in [5, 5.41) is 0. The molecule has 1 aliphatic heterocycles. The van der Waals surface area contributed by atoms with Gasteiger partial charge < -0.3 is 19.1 Å². The number of ether oxygens (including phenoxy) is 3. The summed E-state index contributed by atoms with van der Waals surface area (Å²) in [7, 11) is 3.26. The summed E-state index contributed by atoms with van der Waals surface area (Å²) in [4.78, 5) is 2.40. The van der Waals surface area contributed by atoms with Crippen molar-refractivity contribution < 1.29 is 14.2 Å². The van der Waals surface area contributed by atoms with Gasteiger partial charge in [0.25, 0.3) is 0 Å². The maximum absolute atomic E-state index is 6.13. The number of rotatable bonds is 5. The van der Waals surface area contributed by atoms with Gasteiger partial charge in [0.2, 0.25) is 0 Å². The SMILES string of the molecule is COc1ccc(Oc2ccccc2N2CCCCC2)cc1OC. The van der Waals surface area contributed by atoms with Crippen LogP contribution in [0.25, 0.3) is 0 Å². The highest BCUT2D eigenvalue weighted by Crippen LogP contribution is 2.37. The molecule has 1 saturated heterocycles. The van der Waals surface area contributed by atoms with Crippen LogP contribution in [-0.2, 0) is 0 Å². The van der Waals surface area contributed by atoms with Crippen molar-refractivity contribution >= 4 is 5.69 Å². The van der Waals surface area contributed by atoms with E-state index >= 15 is 0 Å². The molecule has 1 heterocycles. The molecule has 0 N–H and O–H groups in total. The van der Waals surface area contributed by atoms with Gasteiger partial charge in [0.05, 0.1) is 19.9 Å². The first-order valence-corrected chi connectivity index (χ1v) is 8.05. The van der Waals surface area contributed by atoms with Crippen molar-refractivity contribution in [1.82, 2.24) is 0 Å². The van der Waals surface area contributed by atoms with Crippen LogP contribution < -0.4 is 19.1 Å². The third-order valence-corrected chi connectivity index (χ3v) is 4.14. The van der Waals surface area contributed by atoms with Gasteiger partial charge in [-0.1, -0.05) is 12.1 Å². The van der Waals surface area contributed by atoms with Crippen LogP contribution in [-0.4, -0.2) is 27.3 Å². The summed E-state index contributed by atoms with van der Waals surface area (Å²) in [6.07, 6.45) is 3.80. The van der Waals surface area contributed by atoms with Gasteiger partial charge in [-0.05, 0) is 43.5 Å². The van der Waals surface area contributed by atoms with Crippen LogP contribution in [0.3, 0.4) is 0 Å². The van der Waals surface area contributed by atoms with Crippen LogP contribution >= 0.6 is 0 Å². The number of methoxy groups -OCH3 is 2. The first-order chi connectivity index (χ1) is 11.3. The molecule has 2 aromatic carbocycles. The Labute approximate surface area is 137 Å². The fourth-order valence-electron chi connectivity index (χ4n) is 2.95. The van der Waals surface area contributed by atoms with E-state index in [1.54, 1.807) is 14.2 Å². The molecule has 1 fully saturated rings. The summed E-state index contributed by atoms with van der Waals surface area (Å²) in [6.45, 7) is 2.18. The number of benzene rings is 2. The van der Waals surface area contributed by atoms with Gasteiger partial charge in [0.15, 0.2) is 17.2 Å². The molecular formula is C19H23NO3. The third kappa shape index (κ3) is 3.52. The molecule has 0 amide bonds. The van der Waals surface area contributed by atoms with E-state index in [1.807, 2.05) is 30.3 Å². The Morgan fingerprint density at radius 1 is 0.783 bits per heavy atom. The molecule has 2 aromatic rings. The summed E-state index contributed by atoms with van der Waals surface area (Å²) in [5.41, 5.74) is 1.15. The Bertz CT molecular complexity index is 651. The Hall–Kier alpha value is -2.36. The highest BCUT2D eigenvalue weighted by Gasteiger charge is 2.16. The van der Waals surface area contributed by atoms with Gasteiger partial charge in [-0.15, -0.1) is 0 Å². The van der Waals surface area contributed by atoms with Crippen molar-refractivity contribution in [3.05, 3.63) is 42.5 Å². The van der Waals surface area contributed by atoms with E-state index in [2.05, 4.69) is 17.0 Å². The lowest BCUT2D eigenvalue weighted by atomic mass is 10.1. The molecule has 0 saturated carbocycles. The predicted octanol–water partition coefficient (Wildman–Crippen LogP) is 4.49. The van der Waals surface area contributed by atoms with E-state index in [0.29, 0.717) is 11.5 Å². The second-order valence-corrected chi connectivity index (χ2v) is 5.63. The lowest BCUT2D eigenvalue weighted by Gasteiger charge is -2.30. The van der Waals surface area contributed by atoms with E-state index in [1.165, 1.54) is 19.3 Å². The molecule has 0 unspecified atom stereocenters. The number of para-hydroxylation sites is 2. The summed E-state index contributed by atoms with van der Waals surface area (Å²) >= 11 is 0. The molecule has 122 valence electrons. The predicted molar refractivity (Wildman–Crippen MR) is 92.1 cm³/mol. The Morgan fingerprint density at radius 2 is 1.52 bits per heavy atom. The number of nitrogens with zero attached hydrogens (tertiary/aromatic N) is 1. The van der Waals surface area contributed by atoms with Crippen LogP contribution in [0.2, 0.25) is 0 Å². The molecule has 0 aromatic heterocycles. The topological polar surface area (TPSA) is 30.9 Å². The van der Waals surface area contributed by atoms with Crippen LogP contribution in [0, 0.1) is 0 Å². The van der Waals surface area contributed by atoms with Crippen molar-refractivity contribution in [3.8, 4) is 23.0 Å². The summed E-state index contributed by atoms with van der Waals surface area (Å²) in [6, 6.07) is 13.8. The molecule has 0 spiro atoms. The quantitative estimate of drug-likeness (QED) is 0.814. The highest BCUT2D eigenvalue weighted by atomic mass is 16.5. The Morgan fingerprint density at radius 3 is 2.26 bits per heavy atom. The molecular weight excluding hydrogens is 290 g/mol. The minimum absolute atomic E-state index is 0.667. The van der Waals surface area contributed by atoms with Gasteiger partial charge in [-0.2, -0.15) is 0 Å². The van der Waals surface area contributed by atoms with Crippen LogP contribution in [0.5, 0.6) is 23.0 Å². The van der Waals surface area contributed by atoms with Gasteiger partial charge in [-0.3, -0.25) is 0 Å². The minimum Gasteiger partial charge on any atom is -0.493 e. The van der Waals surface area contributed by atoms with Crippen molar-refractivity contribution in [2.75, 3.05) is 32.2 Å². The van der Waals surface area contributed by atoms with E-state index in [-0.39, 0.29) is 0 Å². The Balaban J connectivity index is 1.85. The number of hydrogen-bond acceptors (Lipinski definition) is 4. The zero-order valence-corrected chi connectivity index (χ0v) is 13.7. The van der Waals surface area contributed by atoms with Crippen LogP contribution in [0.1, 0.15) is 19.3 Å². The minimum atomic E-state index is 0.667. The number of piperidine rings is 1. The maximum atomic E-state index is 6.13. The first-order valence-electron chi connectivity index (χ1n) is 8.05. The zero-order chi connectivity index (χ0) is 16.1. The lowest BCUT2D eigenvalue weighted by molar-refractivity contribution is 0.352.